The Labute approximate surface area is 86.1 Å². The Hall–Kier alpha value is 0.370. The first kappa shape index (κ1) is 12.4. The zero-order valence-electron chi connectivity index (χ0n) is 7.79. The number of hydrogen-bond donors (Lipinski definition) is 2. The van der Waals surface area contributed by atoms with Crippen molar-refractivity contribution in [3.8, 4) is 0 Å². The highest BCUT2D eigenvalue weighted by molar-refractivity contribution is 7.81. The predicted octanol–water partition coefficient (Wildman–Crippen LogP) is 2.75. The van der Waals surface area contributed by atoms with Crippen molar-refractivity contribution in [2.75, 3.05) is 0 Å². The van der Waals surface area contributed by atoms with Gasteiger partial charge in [0.1, 0.15) is 5.78 Å². The summed E-state index contributed by atoms with van der Waals surface area (Å²) in [7, 11) is 0. The van der Waals surface area contributed by atoms with Crippen LogP contribution in [0.3, 0.4) is 0 Å². The fraction of sp³-hybridized carbons (Fsp3) is 0.889. The summed E-state index contributed by atoms with van der Waals surface area (Å²) in [6.07, 6.45) is 3.13. The summed E-state index contributed by atoms with van der Waals surface area (Å²) < 4.78 is 0. The van der Waals surface area contributed by atoms with Crippen LogP contribution in [0.4, 0.5) is 0 Å². The van der Waals surface area contributed by atoms with Gasteiger partial charge in [-0.05, 0) is 23.3 Å². The van der Waals surface area contributed by atoms with E-state index in [4.69, 9.17) is 0 Å². The van der Waals surface area contributed by atoms with E-state index in [1.807, 2.05) is 13.8 Å². The van der Waals surface area contributed by atoms with E-state index >= 15 is 0 Å². The lowest BCUT2D eigenvalue weighted by Gasteiger charge is -2.04. The minimum Gasteiger partial charge on any atom is -0.300 e. The quantitative estimate of drug-likeness (QED) is 0.639. The molecule has 0 fully saturated rings. The molecule has 0 aliphatic heterocycles. The minimum absolute atomic E-state index is 0.336. The van der Waals surface area contributed by atoms with E-state index in [1.165, 1.54) is 0 Å². The SMILES string of the molecule is CC(S)CCC(=O)CCC(C)S. The van der Waals surface area contributed by atoms with E-state index in [1.54, 1.807) is 0 Å². The van der Waals surface area contributed by atoms with E-state index in [2.05, 4.69) is 25.3 Å². The maximum absolute atomic E-state index is 11.2. The molecule has 0 bridgehead atoms. The van der Waals surface area contributed by atoms with Gasteiger partial charge in [0.05, 0.1) is 0 Å². The molecular weight excluding hydrogens is 188 g/mol. The molecule has 12 heavy (non-hydrogen) atoms. The van der Waals surface area contributed by atoms with Gasteiger partial charge in [-0.3, -0.25) is 4.79 Å². The molecule has 0 spiro atoms. The van der Waals surface area contributed by atoms with Gasteiger partial charge in [0.15, 0.2) is 0 Å². The molecule has 1 nitrogen and oxygen atoms in total. The predicted molar refractivity (Wildman–Crippen MR) is 60.4 cm³/mol. The van der Waals surface area contributed by atoms with Crippen LogP contribution in [0.15, 0.2) is 0 Å². The molecule has 2 unspecified atom stereocenters. The second kappa shape index (κ2) is 6.84. The molecule has 2 atom stereocenters. The van der Waals surface area contributed by atoms with Crippen molar-refractivity contribution in [2.45, 2.75) is 50.0 Å². The third-order valence-electron chi connectivity index (χ3n) is 1.68. The highest BCUT2D eigenvalue weighted by Gasteiger charge is 2.05. The third-order valence-corrected chi connectivity index (χ3v) is 2.20. The van der Waals surface area contributed by atoms with E-state index in [0.717, 1.165) is 12.8 Å². The van der Waals surface area contributed by atoms with E-state index in [-0.39, 0.29) is 0 Å². The molecule has 0 radical (unpaired) electrons. The van der Waals surface area contributed by atoms with Gasteiger partial charge in [-0.15, -0.1) is 0 Å². The Morgan fingerprint density at radius 3 is 1.67 bits per heavy atom. The van der Waals surface area contributed by atoms with Gasteiger partial charge in [0.2, 0.25) is 0 Å². The first-order valence-corrected chi connectivity index (χ1v) is 5.43. The van der Waals surface area contributed by atoms with Crippen molar-refractivity contribution in [3.05, 3.63) is 0 Å². The molecule has 3 heteroatoms. The average molecular weight is 206 g/mol. The van der Waals surface area contributed by atoms with Crippen molar-refractivity contribution < 1.29 is 4.79 Å². The van der Waals surface area contributed by atoms with Gasteiger partial charge in [-0.1, -0.05) is 13.8 Å². The molecule has 0 aromatic carbocycles. The summed E-state index contributed by atoms with van der Waals surface area (Å²) in [5.74, 6) is 0.344. The molecule has 72 valence electrons. The molecule has 0 saturated heterocycles. The Balaban J connectivity index is 3.34. The number of rotatable bonds is 6. The molecule has 0 heterocycles. The van der Waals surface area contributed by atoms with E-state index in [0.29, 0.717) is 29.1 Å². The largest absolute Gasteiger partial charge is 0.300 e. The first-order valence-electron chi connectivity index (χ1n) is 4.40. The Kier molecular flexibility index (Phi) is 7.05. The third kappa shape index (κ3) is 8.47. The number of hydrogen-bond acceptors (Lipinski definition) is 3. The van der Waals surface area contributed by atoms with Gasteiger partial charge in [-0.25, -0.2) is 0 Å². The lowest BCUT2D eigenvalue weighted by atomic mass is 10.1. The molecule has 0 aromatic heterocycles. The van der Waals surface area contributed by atoms with Crippen molar-refractivity contribution >= 4 is 31.0 Å². The summed E-state index contributed by atoms with van der Waals surface area (Å²) in [5, 5.41) is 0.671. The number of ketones is 1. The number of carbonyl (C=O) groups is 1. The normalized spacial score (nSPS) is 15.7. The lowest BCUT2D eigenvalue weighted by Crippen LogP contribution is -2.04. The summed E-state index contributed by atoms with van der Waals surface area (Å²) in [4.78, 5) is 11.2. The van der Waals surface area contributed by atoms with Crippen LogP contribution >= 0.6 is 25.3 Å². The van der Waals surface area contributed by atoms with Crippen LogP contribution < -0.4 is 0 Å². The van der Waals surface area contributed by atoms with Crippen LogP contribution in [0.2, 0.25) is 0 Å². The van der Waals surface area contributed by atoms with Gasteiger partial charge in [0, 0.05) is 12.8 Å². The van der Waals surface area contributed by atoms with Crippen molar-refractivity contribution in [2.24, 2.45) is 0 Å². The monoisotopic (exact) mass is 206 g/mol. The van der Waals surface area contributed by atoms with Crippen molar-refractivity contribution in [1.29, 1.82) is 0 Å². The van der Waals surface area contributed by atoms with Gasteiger partial charge in [0.25, 0.3) is 0 Å². The fourth-order valence-corrected chi connectivity index (χ4v) is 1.12. The molecule has 0 rings (SSSR count). The Bertz CT molecular complexity index is 118. The van der Waals surface area contributed by atoms with Crippen LogP contribution in [-0.2, 0) is 4.79 Å². The molecule has 0 N–H and O–H groups in total. The molecule has 0 amide bonds. The maximum Gasteiger partial charge on any atom is 0.132 e. The zero-order valence-corrected chi connectivity index (χ0v) is 9.57. The second-order valence-corrected chi connectivity index (χ2v) is 5.08. The minimum atomic E-state index is 0.336. The van der Waals surface area contributed by atoms with Gasteiger partial charge >= 0.3 is 0 Å². The summed E-state index contributed by atoms with van der Waals surface area (Å²) in [5.41, 5.74) is 0. The Morgan fingerprint density at radius 1 is 1.08 bits per heavy atom. The summed E-state index contributed by atoms with van der Waals surface area (Å²) in [6, 6.07) is 0. The first-order chi connectivity index (χ1) is 5.52. The molecule has 0 aliphatic carbocycles. The number of carbonyl (C=O) groups excluding carboxylic acids is 1. The maximum atomic E-state index is 11.2. The fourth-order valence-electron chi connectivity index (χ4n) is 0.865. The molecule has 0 aliphatic rings. The average Bonchev–Trinajstić information content (AvgIpc) is 1.96. The standard InChI is InChI=1S/C9H18OS2/c1-7(11)3-5-9(10)6-4-8(2)12/h7-8,11-12H,3-6H2,1-2H3. The van der Waals surface area contributed by atoms with Crippen LogP contribution in [0.1, 0.15) is 39.5 Å². The van der Waals surface area contributed by atoms with Crippen LogP contribution in [0.5, 0.6) is 0 Å². The topological polar surface area (TPSA) is 17.1 Å². The summed E-state index contributed by atoms with van der Waals surface area (Å²) in [6.45, 7) is 4.02. The van der Waals surface area contributed by atoms with Crippen LogP contribution in [0.25, 0.3) is 0 Å². The number of thiol groups is 2. The van der Waals surface area contributed by atoms with Gasteiger partial charge in [-0.2, -0.15) is 25.3 Å². The van der Waals surface area contributed by atoms with Crippen molar-refractivity contribution in [1.82, 2.24) is 0 Å². The van der Waals surface area contributed by atoms with Crippen LogP contribution in [-0.4, -0.2) is 16.3 Å². The van der Waals surface area contributed by atoms with Gasteiger partial charge < -0.3 is 0 Å². The van der Waals surface area contributed by atoms with E-state index < -0.39 is 0 Å². The number of Topliss-reactive ketones (excluding diaryl/α,β-unsaturated/α-hetero) is 1. The highest BCUT2D eigenvalue weighted by Crippen LogP contribution is 2.09. The highest BCUT2D eigenvalue weighted by atomic mass is 32.1. The van der Waals surface area contributed by atoms with Crippen LogP contribution in [0, 0.1) is 0 Å². The lowest BCUT2D eigenvalue weighted by molar-refractivity contribution is -0.119. The molecule has 0 saturated carbocycles. The molecular formula is C9H18OS2. The summed E-state index contributed by atoms with van der Waals surface area (Å²) >= 11 is 8.43. The van der Waals surface area contributed by atoms with E-state index in [9.17, 15) is 4.79 Å². The molecule has 0 aromatic rings. The Morgan fingerprint density at radius 2 is 1.42 bits per heavy atom. The van der Waals surface area contributed by atoms with Crippen molar-refractivity contribution in [3.63, 3.8) is 0 Å². The smallest absolute Gasteiger partial charge is 0.132 e. The second-order valence-electron chi connectivity index (χ2n) is 3.31. The zero-order chi connectivity index (χ0) is 9.56.